The fourth-order valence-electron chi connectivity index (χ4n) is 4.28. The topological polar surface area (TPSA) is 20.2 Å². The molecule has 0 bridgehead atoms. The quantitative estimate of drug-likeness (QED) is 0.0718. The predicted molar refractivity (Wildman–Crippen MR) is 141 cm³/mol. The molecule has 1 N–H and O–H groups in total. The zero-order chi connectivity index (χ0) is 21.3. The summed E-state index contributed by atoms with van der Waals surface area (Å²) in [6.45, 7) is 2.30. The van der Waals surface area contributed by atoms with Crippen molar-refractivity contribution < 1.29 is 5.11 Å². The van der Waals surface area contributed by atoms with Gasteiger partial charge in [0.05, 0.1) is 0 Å². The predicted octanol–water partition coefficient (Wildman–Crippen LogP) is 10.5. The van der Waals surface area contributed by atoms with Crippen LogP contribution in [0.5, 0.6) is 0 Å². The largest absolute Gasteiger partial charge is 0.383 e. The van der Waals surface area contributed by atoms with Crippen LogP contribution < -0.4 is 0 Å². The van der Waals surface area contributed by atoms with Gasteiger partial charge in [-0.1, -0.05) is 184 Å². The van der Waals surface area contributed by atoms with Gasteiger partial charge in [0.2, 0.25) is 0 Å². The Hall–Kier alpha value is 0.690. The minimum absolute atomic E-state index is 0.132. The van der Waals surface area contributed by atoms with Gasteiger partial charge in [-0.15, -0.1) is 0 Å². The molecule has 0 aliphatic rings. The monoisotopic (exact) mass is 522 g/mol. The van der Waals surface area contributed by atoms with Gasteiger partial charge in [-0.05, 0) is 6.42 Å². The van der Waals surface area contributed by atoms with E-state index >= 15 is 0 Å². The van der Waals surface area contributed by atoms with Gasteiger partial charge >= 0.3 is 0 Å². The molecule has 0 aromatic rings. The third-order valence-corrected chi connectivity index (χ3v) is 6.92. The van der Waals surface area contributed by atoms with Crippen LogP contribution in [-0.4, -0.2) is 9.22 Å². The Balaban J connectivity index is 2.98. The molecule has 0 aromatic carbocycles. The minimum Gasteiger partial charge on any atom is -0.383 e. The standard InChI is InChI=1S/C27H55IO/c1-2-3-4-5-6-7-8-9-10-11-12-13-14-15-16-17-18-19-20-21-22-23-24-25-26-27(28)29/h27,29H,2-26H2,1H3. The van der Waals surface area contributed by atoms with Crippen molar-refractivity contribution in [1.29, 1.82) is 0 Å². The number of halogens is 1. The smallest absolute Gasteiger partial charge is 0.105 e. The summed E-state index contributed by atoms with van der Waals surface area (Å²) < 4.78 is -0.132. The molecule has 0 spiro atoms. The molecule has 0 aliphatic heterocycles. The van der Waals surface area contributed by atoms with Crippen LogP contribution in [0.25, 0.3) is 0 Å². The summed E-state index contributed by atoms with van der Waals surface area (Å²) in [6.07, 6.45) is 35.5. The van der Waals surface area contributed by atoms with Crippen molar-refractivity contribution in [1.82, 2.24) is 0 Å². The summed E-state index contributed by atoms with van der Waals surface area (Å²) in [5.74, 6) is 0. The minimum atomic E-state index is -0.132. The van der Waals surface area contributed by atoms with E-state index in [1.54, 1.807) is 0 Å². The number of aliphatic hydroxyl groups is 1. The first kappa shape index (κ1) is 29.7. The summed E-state index contributed by atoms with van der Waals surface area (Å²) in [6, 6.07) is 0. The highest BCUT2D eigenvalue weighted by Gasteiger charge is 1.98. The van der Waals surface area contributed by atoms with Crippen LogP contribution in [0.3, 0.4) is 0 Å². The van der Waals surface area contributed by atoms with E-state index in [1.165, 1.54) is 154 Å². The van der Waals surface area contributed by atoms with E-state index in [0.717, 1.165) is 6.42 Å². The van der Waals surface area contributed by atoms with E-state index < -0.39 is 0 Å². The molecule has 0 saturated carbocycles. The highest BCUT2D eigenvalue weighted by atomic mass is 127. The van der Waals surface area contributed by atoms with Crippen LogP contribution in [0.1, 0.15) is 167 Å². The molecule has 0 rings (SSSR count). The number of aliphatic hydroxyl groups excluding tert-OH is 1. The highest BCUT2D eigenvalue weighted by molar-refractivity contribution is 14.1. The first-order valence-electron chi connectivity index (χ1n) is 13.6. The summed E-state index contributed by atoms with van der Waals surface area (Å²) in [5, 5.41) is 9.22. The Morgan fingerprint density at radius 2 is 0.621 bits per heavy atom. The Morgan fingerprint density at radius 1 is 0.414 bits per heavy atom. The van der Waals surface area contributed by atoms with Gasteiger partial charge in [0.1, 0.15) is 4.11 Å². The lowest BCUT2D eigenvalue weighted by Crippen LogP contribution is -1.93. The fraction of sp³-hybridized carbons (Fsp3) is 1.00. The number of unbranched alkanes of at least 4 members (excludes halogenated alkanes) is 23. The first-order valence-corrected chi connectivity index (χ1v) is 14.8. The second-order valence-electron chi connectivity index (χ2n) is 9.35. The highest BCUT2D eigenvalue weighted by Crippen LogP contribution is 2.16. The molecule has 2 heteroatoms. The fourth-order valence-corrected chi connectivity index (χ4v) is 4.72. The van der Waals surface area contributed by atoms with E-state index in [1.807, 2.05) is 0 Å². The molecule has 176 valence electrons. The maximum Gasteiger partial charge on any atom is 0.105 e. The van der Waals surface area contributed by atoms with Crippen LogP contribution in [0, 0.1) is 0 Å². The Bertz CT molecular complexity index is 280. The van der Waals surface area contributed by atoms with Gasteiger partial charge in [0.15, 0.2) is 0 Å². The molecule has 0 radical (unpaired) electrons. The Kier molecular flexibility index (Phi) is 27.4. The molecule has 0 amide bonds. The Morgan fingerprint density at radius 3 is 0.828 bits per heavy atom. The van der Waals surface area contributed by atoms with E-state index in [4.69, 9.17) is 0 Å². The number of hydrogen-bond donors (Lipinski definition) is 1. The van der Waals surface area contributed by atoms with Gasteiger partial charge in [0, 0.05) is 0 Å². The van der Waals surface area contributed by atoms with Crippen LogP contribution in [0.15, 0.2) is 0 Å². The van der Waals surface area contributed by atoms with Crippen molar-refractivity contribution in [2.75, 3.05) is 0 Å². The normalized spacial score (nSPS) is 12.5. The number of rotatable bonds is 25. The zero-order valence-electron chi connectivity index (χ0n) is 20.1. The molecule has 0 fully saturated rings. The molecule has 0 heterocycles. The first-order chi connectivity index (χ1) is 14.3. The SMILES string of the molecule is CCCCCCCCCCCCCCCCCCCCCCCCCCC(O)I. The second-order valence-corrected chi connectivity index (χ2v) is 10.8. The summed E-state index contributed by atoms with van der Waals surface area (Å²) in [7, 11) is 0. The molecule has 1 nitrogen and oxygen atoms in total. The Labute approximate surface area is 198 Å². The van der Waals surface area contributed by atoms with E-state index in [9.17, 15) is 5.11 Å². The van der Waals surface area contributed by atoms with Gasteiger partial charge < -0.3 is 5.11 Å². The van der Waals surface area contributed by atoms with Gasteiger partial charge in [-0.3, -0.25) is 0 Å². The third-order valence-electron chi connectivity index (χ3n) is 6.30. The summed E-state index contributed by atoms with van der Waals surface area (Å²) >= 11 is 2.11. The van der Waals surface area contributed by atoms with E-state index in [2.05, 4.69) is 29.5 Å². The van der Waals surface area contributed by atoms with Crippen molar-refractivity contribution in [3.8, 4) is 0 Å². The van der Waals surface area contributed by atoms with Crippen molar-refractivity contribution in [3.05, 3.63) is 0 Å². The molecule has 1 unspecified atom stereocenters. The molecular weight excluding hydrogens is 467 g/mol. The van der Waals surface area contributed by atoms with E-state index in [0.29, 0.717) is 0 Å². The van der Waals surface area contributed by atoms with Gasteiger partial charge in [-0.2, -0.15) is 0 Å². The lowest BCUT2D eigenvalue weighted by molar-refractivity contribution is 0.263. The summed E-state index contributed by atoms with van der Waals surface area (Å²) in [4.78, 5) is 0. The lowest BCUT2D eigenvalue weighted by atomic mass is 10.0. The molecule has 0 saturated heterocycles. The number of hydrogen-bond acceptors (Lipinski definition) is 1. The molecule has 0 aromatic heterocycles. The van der Waals surface area contributed by atoms with Crippen molar-refractivity contribution in [3.63, 3.8) is 0 Å². The third kappa shape index (κ3) is 28.7. The van der Waals surface area contributed by atoms with Gasteiger partial charge in [-0.25, -0.2) is 0 Å². The zero-order valence-corrected chi connectivity index (χ0v) is 22.2. The summed E-state index contributed by atoms with van der Waals surface area (Å²) in [5.41, 5.74) is 0. The van der Waals surface area contributed by atoms with E-state index in [-0.39, 0.29) is 4.11 Å². The van der Waals surface area contributed by atoms with Crippen LogP contribution in [0.4, 0.5) is 0 Å². The molecule has 29 heavy (non-hydrogen) atoms. The van der Waals surface area contributed by atoms with Crippen molar-refractivity contribution in [2.45, 2.75) is 172 Å². The molecule has 1 atom stereocenters. The van der Waals surface area contributed by atoms with Crippen LogP contribution >= 0.6 is 22.6 Å². The van der Waals surface area contributed by atoms with Crippen molar-refractivity contribution >= 4 is 22.6 Å². The molecular formula is C27H55IO. The second kappa shape index (κ2) is 26.7. The van der Waals surface area contributed by atoms with Crippen LogP contribution in [0.2, 0.25) is 0 Å². The maximum absolute atomic E-state index is 9.22. The van der Waals surface area contributed by atoms with Crippen molar-refractivity contribution in [2.24, 2.45) is 0 Å². The van der Waals surface area contributed by atoms with Gasteiger partial charge in [0.25, 0.3) is 0 Å². The average molecular weight is 523 g/mol. The van der Waals surface area contributed by atoms with Crippen LogP contribution in [-0.2, 0) is 0 Å². The number of alkyl halides is 1. The molecule has 0 aliphatic carbocycles. The average Bonchev–Trinajstić information content (AvgIpc) is 2.71. The maximum atomic E-state index is 9.22. The lowest BCUT2D eigenvalue weighted by Gasteiger charge is -2.04.